The van der Waals surface area contributed by atoms with E-state index in [0.717, 1.165) is 6.07 Å². The minimum absolute atomic E-state index is 0.157. The topological polar surface area (TPSA) is 82.4 Å². The zero-order valence-electron chi connectivity index (χ0n) is 12.0. The molecule has 0 amide bonds. The first-order valence-electron chi connectivity index (χ1n) is 6.28. The van der Waals surface area contributed by atoms with Crippen LogP contribution < -0.4 is 4.72 Å². The highest BCUT2D eigenvalue weighted by atomic mass is 32.2. The number of rotatable bonds is 8. The highest BCUT2D eigenvalue weighted by molar-refractivity contribution is 7.89. The average Bonchev–Trinajstić information content (AvgIpc) is 2.44. The van der Waals surface area contributed by atoms with Crippen molar-refractivity contribution in [2.24, 2.45) is 0 Å². The van der Waals surface area contributed by atoms with E-state index >= 15 is 0 Å². The van der Waals surface area contributed by atoms with Crippen LogP contribution in [0.15, 0.2) is 23.1 Å². The van der Waals surface area contributed by atoms with Gasteiger partial charge in [-0.25, -0.2) is 17.5 Å². The summed E-state index contributed by atoms with van der Waals surface area (Å²) in [6.07, 6.45) is 0. The molecular weight excluding hydrogens is 297 g/mol. The molecule has 116 valence electrons. The summed E-state index contributed by atoms with van der Waals surface area (Å²) in [6.45, 7) is 1.84. The van der Waals surface area contributed by atoms with Gasteiger partial charge in [0, 0.05) is 26.7 Å². The molecule has 0 aliphatic carbocycles. The molecule has 8 heteroatoms. The molecule has 1 aromatic carbocycles. The Labute approximate surface area is 124 Å². The van der Waals surface area contributed by atoms with Gasteiger partial charge in [0.25, 0.3) is 0 Å². The van der Waals surface area contributed by atoms with E-state index < -0.39 is 21.4 Å². The summed E-state index contributed by atoms with van der Waals surface area (Å²) in [5.74, 6) is -0.849. The predicted octanol–water partition coefficient (Wildman–Crippen LogP) is 0.554. The van der Waals surface area contributed by atoms with E-state index in [1.165, 1.54) is 12.1 Å². The fraction of sp³-hybridized carbons (Fsp3) is 0.462. The third kappa shape index (κ3) is 5.06. The Kier molecular flexibility index (Phi) is 6.71. The van der Waals surface area contributed by atoms with Crippen molar-refractivity contribution >= 4 is 10.0 Å². The molecule has 6 nitrogen and oxygen atoms in total. The number of nitriles is 1. The van der Waals surface area contributed by atoms with Crippen LogP contribution in [0, 0.1) is 17.1 Å². The van der Waals surface area contributed by atoms with Crippen molar-refractivity contribution in [2.45, 2.75) is 4.90 Å². The summed E-state index contributed by atoms with van der Waals surface area (Å²) in [5.41, 5.74) is -0.474. The molecule has 0 heterocycles. The standard InChI is InChI=1S/C13H18FN3O3S/c1-17(8-9-20-2)7-6-16-21(18,19)13-5-3-4-12(14)11(13)10-15/h3-5,16H,6-9H2,1-2H3. The predicted molar refractivity (Wildman–Crippen MR) is 75.7 cm³/mol. The first-order valence-corrected chi connectivity index (χ1v) is 7.76. The van der Waals surface area contributed by atoms with Gasteiger partial charge >= 0.3 is 0 Å². The van der Waals surface area contributed by atoms with Crippen molar-refractivity contribution in [3.05, 3.63) is 29.6 Å². The normalized spacial score (nSPS) is 11.6. The Morgan fingerprint density at radius 3 is 2.76 bits per heavy atom. The lowest BCUT2D eigenvalue weighted by Crippen LogP contribution is -2.34. The molecule has 0 atom stereocenters. The highest BCUT2D eigenvalue weighted by Crippen LogP contribution is 2.17. The third-order valence-electron chi connectivity index (χ3n) is 2.84. The number of likely N-dealkylation sites (N-methyl/N-ethyl adjacent to an activating group) is 1. The zero-order valence-corrected chi connectivity index (χ0v) is 12.8. The van der Waals surface area contributed by atoms with E-state index in [1.807, 2.05) is 11.9 Å². The summed E-state index contributed by atoms with van der Waals surface area (Å²) in [4.78, 5) is 1.55. The molecule has 0 saturated carbocycles. The van der Waals surface area contributed by atoms with Crippen molar-refractivity contribution in [1.82, 2.24) is 9.62 Å². The first-order chi connectivity index (χ1) is 9.92. The smallest absolute Gasteiger partial charge is 0.242 e. The molecule has 0 aromatic heterocycles. The lowest BCUT2D eigenvalue weighted by Gasteiger charge is -2.16. The van der Waals surface area contributed by atoms with Crippen LogP contribution in [0.2, 0.25) is 0 Å². The second-order valence-electron chi connectivity index (χ2n) is 4.42. The maximum atomic E-state index is 13.4. The van der Waals surface area contributed by atoms with E-state index in [1.54, 1.807) is 13.2 Å². The number of nitrogens with one attached hydrogen (secondary N) is 1. The minimum atomic E-state index is -3.91. The Morgan fingerprint density at radius 2 is 2.14 bits per heavy atom. The highest BCUT2D eigenvalue weighted by Gasteiger charge is 2.20. The molecule has 21 heavy (non-hydrogen) atoms. The Balaban J connectivity index is 2.71. The summed E-state index contributed by atoms with van der Waals surface area (Å²) < 4.78 is 44.9. The van der Waals surface area contributed by atoms with Gasteiger partial charge in [-0.2, -0.15) is 5.26 Å². The van der Waals surface area contributed by atoms with E-state index in [4.69, 9.17) is 10.00 Å². The van der Waals surface area contributed by atoms with Gasteiger partial charge in [0.1, 0.15) is 22.3 Å². The summed E-state index contributed by atoms with van der Waals surface area (Å²) in [6, 6.07) is 5.09. The van der Waals surface area contributed by atoms with Crippen molar-refractivity contribution in [1.29, 1.82) is 5.26 Å². The number of nitrogens with zero attached hydrogens (tertiary/aromatic N) is 2. The van der Waals surface area contributed by atoms with Gasteiger partial charge in [0.05, 0.1) is 6.61 Å². The molecule has 0 bridgehead atoms. The third-order valence-corrected chi connectivity index (χ3v) is 4.34. The van der Waals surface area contributed by atoms with Crippen LogP contribution in [0.4, 0.5) is 4.39 Å². The number of ether oxygens (including phenoxy) is 1. The molecule has 0 radical (unpaired) electrons. The molecule has 1 aromatic rings. The molecule has 0 aliphatic rings. The second kappa shape index (κ2) is 8.05. The van der Waals surface area contributed by atoms with E-state index in [0.29, 0.717) is 19.7 Å². The molecule has 0 aliphatic heterocycles. The summed E-state index contributed by atoms with van der Waals surface area (Å²) >= 11 is 0. The van der Waals surface area contributed by atoms with Crippen molar-refractivity contribution < 1.29 is 17.5 Å². The number of methoxy groups -OCH3 is 1. The summed E-state index contributed by atoms with van der Waals surface area (Å²) in [5, 5.41) is 8.87. The quantitative estimate of drug-likeness (QED) is 0.758. The van der Waals surface area contributed by atoms with Gasteiger partial charge in [0.15, 0.2) is 0 Å². The Hall–Kier alpha value is -1.53. The fourth-order valence-corrected chi connectivity index (χ4v) is 2.83. The fourth-order valence-electron chi connectivity index (χ4n) is 1.64. The van der Waals surface area contributed by atoms with Crippen molar-refractivity contribution in [3.63, 3.8) is 0 Å². The molecule has 0 saturated heterocycles. The van der Waals surface area contributed by atoms with Crippen molar-refractivity contribution in [3.8, 4) is 6.07 Å². The van der Waals surface area contributed by atoms with Gasteiger partial charge in [-0.05, 0) is 19.2 Å². The van der Waals surface area contributed by atoms with E-state index in [2.05, 4.69) is 4.72 Å². The van der Waals surface area contributed by atoms with E-state index in [-0.39, 0.29) is 11.4 Å². The molecular formula is C13H18FN3O3S. The van der Waals surface area contributed by atoms with Crippen LogP contribution in [-0.2, 0) is 14.8 Å². The number of halogens is 1. The molecule has 0 fully saturated rings. The average molecular weight is 315 g/mol. The Morgan fingerprint density at radius 1 is 1.43 bits per heavy atom. The zero-order chi connectivity index (χ0) is 15.9. The van der Waals surface area contributed by atoms with Gasteiger partial charge in [-0.3, -0.25) is 0 Å². The minimum Gasteiger partial charge on any atom is -0.383 e. The lowest BCUT2D eigenvalue weighted by atomic mass is 10.2. The number of hydrogen-bond acceptors (Lipinski definition) is 5. The van der Waals surface area contributed by atoms with Crippen LogP contribution in [0.3, 0.4) is 0 Å². The van der Waals surface area contributed by atoms with Crippen LogP contribution >= 0.6 is 0 Å². The van der Waals surface area contributed by atoms with Gasteiger partial charge in [-0.15, -0.1) is 0 Å². The number of sulfonamides is 1. The SMILES string of the molecule is COCCN(C)CCNS(=O)(=O)c1cccc(F)c1C#N. The number of benzene rings is 1. The Bertz CT molecular complexity index is 614. The lowest BCUT2D eigenvalue weighted by molar-refractivity contribution is 0.162. The van der Waals surface area contributed by atoms with Crippen LogP contribution in [0.5, 0.6) is 0 Å². The molecule has 0 spiro atoms. The largest absolute Gasteiger partial charge is 0.383 e. The molecule has 0 unspecified atom stereocenters. The molecule has 1 rings (SSSR count). The first kappa shape index (κ1) is 17.5. The van der Waals surface area contributed by atoms with E-state index in [9.17, 15) is 12.8 Å². The van der Waals surface area contributed by atoms with Crippen molar-refractivity contribution in [2.75, 3.05) is 40.4 Å². The monoisotopic (exact) mass is 315 g/mol. The number of hydrogen-bond donors (Lipinski definition) is 1. The maximum absolute atomic E-state index is 13.4. The van der Waals surface area contributed by atoms with Crippen LogP contribution in [0.25, 0.3) is 0 Å². The summed E-state index contributed by atoms with van der Waals surface area (Å²) in [7, 11) is -0.495. The van der Waals surface area contributed by atoms with Gasteiger partial charge in [0.2, 0.25) is 10.0 Å². The van der Waals surface area contributed by atoms with Crippen LogP contribution in [-0.4, -0.2) is 53.7 Å². The molecule has 1 N–H and O–H groups in total. The maximum Gasteiger partial charge on any atom is 0.242 e. The van der Waals surface area contributed by atoms with Gasteiger partial charge < -0.3 is 9.64 Å². The second-order valence-corrected chi connectivity index (χ2v) is 6.15. The van der Waals surface area contributed by atoms with Crippen LogP contribution in [0.1, 0.15) is 5.56 Å². The van der Waals surface area contributed by atoms with Gasteiger partial charge in [-0.1, -0.05) is 6.07 Å².